The topological polar surface area (TPSA) is 63.4 Å². The number of nitrogens with two attached hydrogens (primary N) is 1. The van der Waals surface area contributed by atoms with Crippen molar-refractivity contribution in [2.24, 2.45) is 5.73 Å². The van der Waals surface area contributed by atoms with E-state index in [2.05, 4.69) is 12.8 Å². The summed E-state index contributed by atoms with van der Waals surface area (Å²) >= 11 is 3.62. The monoisotopic (exact) mass is 222 g/mol. The molecule has 0 unspecified atom stereocenters. The van der Waals surface area contributed by atoms with E-state index < -0.39 is 11.9 Å². The lowest BCUT2D eigenvalue weighted by atomic mass is 10.2. The zero-order valence-corrected chi connectivity index (χ0v) is 8.72. The van der Waals surface area contributed by atoms with Crippen LogP contribution in [0.2, 0.25) is 0 Å². The van der Waals surface area contributed by atoms with Gasteiger partial charge in [0.1, 0.15) is 0 Å². The van der Waals surface area contributed by atoms with E-state index in [0.717, 1.165) is 5.56 Å². The number of benzene rings is 1. The summed E-state index contributed by atoms with van der Waals surface area (Å²) < 4.78 is 0.541. The first-order chi connectivity index (χ1) is 7.11. The predicted octanol–water partition coefficient (Wildman–Crippen LogP) is 1.45. The van der Waals surface area contributed by atoms with E-state index in [1.807, 2.05) is 30.3 Å². The van der Waals surface area contributed by atoms with Gasteiger partial charge in [-0.05, 0) is 11.6 Å². The fraction of sp³-hybridized carbons (Fsp3) is 0. The first-order valence-electron chi connectivity index (χ1n) is 4.17. The maximum absolute atomic E-state index is 11.2. The van der Waals surface area contributed by atoms with Crippen LogP contribution in [0.4, 0.5) is 4.79 Å². The minimum atomic E-state index is -0.902. The van der Waals surface area contributed by atoms with Crippen LogP contribution < -0.4 is 5.73 Å². The van der Waals surface area contributed by atoms with Gasteiger partial charge in [-0.15, -0.1) is 0 Å². The van der Waals surface area contributed by atoms with Crippen molar-refractivity contribution in [2.75, 3.05) is 0 Å². The Labute approximate surface area is 92.9 Å². The molecule has 0 bridgehead atoms. The molecule has 1 aromatic carbocycles. The lowest BCUT2D eigenvalue weighted by molar-refractivity contribution is -0.119. The Balaban J connectivity index is 2.67. The summed E-state index contributed by atoms with van der Waals surface area (Å²) in [5, 5.41) is 0. The van der Waals surface area contributed by atoms with Gasteiger partial charge in [0.25, 0.3) is 5.91 Å². The third-order valence-electron chi connectivity index (χ3n) is 1.64. The molecule has 0 atom stereocenters. The summed E-state index contributed by atoms with van der Waals surface area (Å²) in [6.45, 7) is 0. The highest BCUT2D eigenvalue weighted by molar-refractivity contribution is 7.79. The van der Waals surface area contributed by atoms with Crippen LogP contribution >= 0.6 is 12.8 Å². The Morgan fingerprint density at radius 3 is 2.40 bits per heavy atom. The number of carbonyl (C=O) groups is 2. The van der Waals surface area contributed by atoms with Crippen molar-refractivity contribution in [1.82, 2.24) is 4.31 Å². The van der Waals surface area contributed by atoms with E-state index in [0.29, 0.717) is 4.31 Å². The van der Waals surface area contributed by atoms with Gasteiger partial charge >= 0.3 is 6.03 Å². The molecule has 3 amide bonds. The van der Waals surface area contributed by atoms with E-state index in [4.69, 9.17) is 5.73 Å². The van der Waals surface area contributed by atoms with Crippen molar-refractivity contribution in [3.05, 3.63) is 42.0 Å². The van der Waals surface area contributed by atoms with E-state index >= 15 is 0 Å². The Kier molecular flexibility index (Phi) is 3.93. The highest BCUT2D eigenvalue weighted by Crippen LogP contribution is 2.02. The number of nitrogens with zero attached hydrogens (tertiary/aromatic N) is 1. The number of imide groups is 1. The third kappa shape index (κ3) is 3.47. The predicted molar refractivity (Wildman–Crippen MR) is 60.9 cm³/mol. The van der Waals surface area contributed by atoms with E-state index in [9.17, 15) is 9.59 Å². The third-order valence-corrected chi connectivity index (χ3v) is 2.03. The fourth-order valence-corrected chi connectivity index (χ4v) is 0.978. The van der Waals surface area contributed by atoms with Crippen molar-refractivity contribution in [1.29, 1.82) is 0 Å². The molecule has 0 aliphatic rings. The molecule has 0 aromatic heterocycles. The van der Waals surface area contributed by atoms with Gasteiger partial charge in [0.15, 0.2) is 0 Å². The normalized spacial score (nSPS) is 10.2. The molecule has 0 heterocycles. The summed E-state index contributed by atoms with van der Waals surface area (Å²) in [6, 6.07) is 8.32. The molecule has 15 heavy (non-hydrogen) atoms. The van der Waals surface area contributed by atoms with Gasteiger partial charge in [-0.1, -0.05) is 43.1 Å². The van der Waals surface area contributed by atoms with Gasteiger partial charge in [-0.3, -0.25) is 4.79 Å². The van der Waals surface area contributed by atoms with Gasteiger partial charge in [0.05, 0.1) is 0 Å². The summed E-state index contributed by atoms with van der Waals surface area (Å²) in [6.07, 6.45) is 2.81. The number of hydrogen-bond donors (Lipinski definition) is 2. The molecule has 2 N–H and O–H groups in total. The smallest absolute Gasteiger partial charge is 0.331 e. The summed E-state index contributed by atoms with van der Waals surface area (Å²) in [5.74, 6) is -0.574. The molecular formula is C10H10N2O2S. The van der Waals surface area contributed by atoms with Crippen molar-refractivity contribution < 1.29 is 9.59 Å². The number of thiol groups is 1. The number of primary amides is 1. The zero-order chi connectivity index (χ0) is 11.3. The SMILES string of the molecule is NC(=O)N(S)C(=O)C=Cc1ccccc1. The lowest BCUT2D eigenvalue weighted by Gasteiger charge is -2.06. The first-order valence-corrected chi connectivity index (χ1v) is 4.57. The van der Waals surface area contributed by atoms with Crippen LogP contribution in [0.3, 0.4) is 0 Å². The quantitative estimate of drug-likeness (QED) is 0.587. The second-order valence-electron chi connectivity index (χ2n) is 2.73. The summed E-state index contributed by atoms with van der Waals surface area (Å²) in [5.41, 5.74) is 5.72. The molecule has 0 fully saturated rings. The number of hydrogen-bond acceptors (Lipinski definition) is 3. The fourth-order valence-electron chi connectivity index (χ4n) is 0.911. The molecule has 0 saturated carbocycles. The second-order valence-corrected chi connectivity index (χ2v) is 3.13. The Bertz CT molecular complexity index is 390. The maximum Gasteiger partial charge on any atom is 0.331 e. The maximum atomic E-state index is 11.2. The number of urea groups is 1. The van der Waals surface area contributed by atoms with E-state index in [1.165, 1.54) is 6.08 Å². The average molecular weight is 222 g/mol. The first kappa shape index (κ1) is 11.3. The number of carbonyl (C=O) groups excluding carboxylic acids is 2. The highest BCUT2D eigenvalue weighted by atomic mass is 32.1. The van der Waals surface area contributed by atoms with Gasteiger partial charge in [-0.2, -0.15) is 0 Å². The summed E-state index contributed by atoms with van der Waals surface area (Å²) in [7, 11) is 0. The van der Waals surface area contributed by atoms with E-state index in [-0.39, 0.29) is 0 Å². The van der Waals surface area contributed by atoms with E-state index in [1.54, 1.807) is 6.08 Å². The Hall–Kier alpha value is -1.75. The Morgan fingerprint density at radius 1 is 1.27 bits per heavy atom. The van der Waals surface area contributed by atoms with Crippen LogP contribution in [0.25, 0.3) is 6.08 Å². The molecule has 78 valence electrons. The zero-order valence-electron chi connectivity index (χ0n) is 7.83. The largest absolute Gasteiger partial charge is 0.350 e. The van der Waals surface area contributed by atoms with Gasteiger partial charge in [0, 0.05) is 6.08 Å². The van der Waals surface area contributed by atoms with Gasteiger partial charge < -0.3 is 5.73 Å². The molecule has 0 aliphatic heterocycles. The molecule has 0 radical (unpaired) electrons. The molecule has 0 aliphatic carbocycles. The minimum absolute atomic E-state index is 0.541. The highest BCUT2D eigenvalue weighted by Gasteiger charge is 2.10. The van der Waals surface area contributed by atoms with Crippen molar-refractivity contribution in [3.63, 3.8) is 0 Å². The van der Waals surface area contributed by atoms with Crippen LogP contribution in [0.15, 0.2) is 36.4 Å². The van der Waals surface area contributed by atoms with Gasteiger partial charge in [0.2, 0.25) is 0 Å². The summed E-state index contributed by atoms with van der Waals surface area (Å²) in [4.78, 5) is 21.8. The molecule has 1 rings (SSSR count). The van der Waals surface area contributed by atoms with Crippen LogP contribution in [-0.4, -0.2) is 16.2 Å². The number of rotatable bonds is 2. The minimum Gasteiger partial charge on any atom is -0.350 e. The molecular weight excluding hydrogens is 212 g/mol. The van der Waals surface area contributed by atoms with Crippen molar-refractivity contribution in [2.45, 2.75) is 0 Å². The second kappa shape index (κ2) is 5.21. The van der Waals surface area contributed by atoms with Crippen LogP contribution in [0.5, 0.6) is 0 Å². The Morgan fingerprint density at radius 2 is 1.87 bits per heavy atom. The number of amides is 3. The van der Waals surface area contributed by atoms with Crippen LogP contribution in [0.1, 0.15) is 5.56 Å². The van der Waals surface area contributed by atoms with Crippen LogP contribution in [0, 0.1) is 0 Å². The molecule has 0 saturated heterocycles. The van der Waals surface area contributed by atoms with Crippen molar-refractivity contribution >= 4 is 30.8 Å². The van der Waals surface area contributed by atoms with Gasteiger partial charge in [-0.25, -0.2) is 9.10 Å². The molecule has 0 spiro atoms. The molecule has 1 aromatic rings. The average Bonchev–Trinajstić information content (AvgIpc) is 2.26. The van der Waals surface area contributed by atoms with Crippen molar-refractivity contribution in [3.8, 4) is 0 Å². The standard InChI is InChI=1S/C10H10N2O2S/c11-10(14)12(15)9(13)7-6-8-4-2-1-3-5-8/h1-7,15H,(H2,11,14). The van der Waals surface area contributed by atoms with Crippen LogP contribution in [-0.2, 0) is 4.79 Å². The molecule has 4 nitrogen and oxygen atoms in total. The lowest BCUT2D eigenvalue weighted by Crippen LogP contribution is -2.31. The molecule has 5 heteroatoms.